The maximum absolute atomic E-state index is 12.9. The molecule has 2 aromatic carbocycles. The zero-order valence-electron chi connectivity index (χ0n) is 35.2. The molecule has 12 atom stereocenters. The van der Waals surface area contributed by atoms with Gasteiger partial charge in [0.2, 0.25) is 6.29 Å². The van der Waals surface area contributed by atoms with Gasteiger partial charge in [0.1, 0.15) is 36.3 Å². The van der Waals surface area contributed by atoms with Crippen molar-refractivity contribution in [3.63, 3.8) is 0 Å². The molecule has 0 aromatic heterocycles. The third-order valence-corrected chi connectivity index (χ3v) is 14.6. The number of fused-ring (bicyclic) bond motifs is 10. The average Bonchev–Trinajstić information content (AvgIpc) is 3.83. The molecule has 3 aliphatic heterocycles. The van der Waals surface area contributed by atoms with Crippen molar-refractivity contribution in [2.75, 3.05) is 20.3 Å². The number of hydrogen-bond donors (Lipinski definition) is 7. The summed E-state index contributed by atoms with van der Waals surface area (Å²) in [6.45, 7) is 4.31. The van der Waals surface area contributed by atoms with Crippen LogP contribution in [0.1, 0.15) is 97.7 Å². The smallest absolute Gasteiger partial charge is 0.335 e. The summed E-state index contributed by atoms with van der Waals surface area (Å²) in [6.07, 6.45) is 8.30. The maximum atomic E-state index is 12.9. The summed E-state index contributed by atoms with van der Waals surface area (Å²) in [5, 5.41) is 80.6. The van der Waals surface area contributed by atoms with Gasteiger partial charge in [-0.25, -0.2) is 4.79 Å². The summed E-state index contributed by atoms with van der Waals surface area (Å²) in [5.74, 6) is 1.07. The quantitative estimate of drug-likeness (QED) is 0.0731. The molecular weight excluding hydrogens is 781 g/mol. The molecule has 0 unspecified atom stereocenters. The van der Waals surface area contributed by atoms with Crippen LogP contribution in [0.15, 0.2) is 67.3 Å². The summed E-state index contributed by atoms with van der Waals surface area (Å²) in [7, 11) is 1.65. The van der Waals surface area contributed by atoms with E-state index in [1.165, 1.54) is 0 Å². The second kappa shape index (κ2) is 19.3. The van der Waals surface area contributed by atoms with Gasteiger partial charge in [-0.2, -0.15) is 0 Å². The lowest BCUT2D eigenvalue weighted by Crippen LogP contribution is -2.70. The predicted molar refractivity (Wildman–Crippen MR) is 226 cm³/mol. The Bertz CT molecular complexity index is 1910. The Kier molecular flexibility index (Phi) is 14.3. The molecule has 1 spiro atoms. The van der Waals surface area contributed by atoms with E-state index in [4.69, 9.17) is 18.9 Å². The average molecular weight is 845 g/mol. The molecule has 1 saturated heterocycles. The molecule has 3 aliphatic carbocycles. The third kappa shape index (κ3) is 9.32. The normalized spacial score (nSPS) is 35.3. The lowest BCUT2D eigenvalue weighted by Gasteiger charge is -2.51. The minimum absolute atomic E-state index is 0.0239. The number of benzene rings is 2. The first-order valence-corrected chi connectivity index (χ1v) is 22.1. The van der Waals surface area contributed by atoms with Crippen molar-refractivity contribution >= 4 is 5.97 Å². The van der Waals surface area contributed by atoms with Gasteiger partial charge in [-0.1, -0.05) is 55.2 Å². The van der Waals surface area contributed by atoms with Crippen molar-refractivity contribution in [3.8, 4) is 17.8 Å². The van der Waals surface area contributed by atoms with Crippen molar-refractivity contribution in [1.29, 1.82) is 0 Å². The fourth-order valence-corrected chi connectivity index (χ4v) is 11.6. The van der Waals surface area contributed by atoms with E-state index in [2.05, 4.69) is 30.8 Å². The first-order valence-electron chi connectivity index (χ1n) is 22.1. The Balaban J connectivity index is 1.22. The predicted octanol–water partition coefficient (Wildman–Crippen LogP) is 4.88. The van der Waals surface area contributed by atoms with Crippen LogP contribution in [0.2, 0.25) is 0 Å². The second-order valence-electron chi connectivity index (χ2n) is 18.3. The Morgan fingerprint density at radius 3 is 2.48 bits per heavy atom. The molecule has 6 aliphatic rings. The molecule has 8 rings (SSSR count). The van der Waals surface area contributed by atoms with Gasteiger partial charge in [-0.15, -0.1) is 6.58 Å². The molecule has 3 heterocycles. The number of carbonyl (C=O) groups is 1. The number of aliphatic hydroxyl groups excluding tert-OH is 4. The summed E-state index contributed by atoms with van der Waals surface area (Å²) in [6, 6.07) is 12.6. The summed E-state index contributed by atoms with van der Waals surface area (Å²) in [4.78, 5) is 11.6. The van der Waals surface area contributed by atoms with Gasteiger partial charge in [-0.3, -0.25) is 0 Å². The van der Waals surface area contributed by atoms with E-state index in [9.17, 15) is 40.5 Å². The standard InChI is InChI=1S/C49H64O12/c1-3-9-32-17-19-37(27-34(32)10-7-24-58-2)60-46-49(57)30-38(39(51)11-8-25-59-40(12-6-23-50)43(61-46)42(52)44(49)53)35-18-20-41-47(21-4-5-22-47)36(29-48(41,56)28-35)26-31-13-15-33(16-14-31)45(54)55/h3,13-20,27,35-36,38-44,46,50-53,56-57H,1,4-7,9-12,21-24,26,28-30H2,2H3,(H,54,55)/t35-,36-,38-,39+,40-,41+,42-,43-,44+,46+,48+,49-/m1/s1. The Morgan fingerprint density at radius 1 is 1.00 bits per heavy atom. The first kappa shape index (κ1) is 45.3. The molecule has 61 heavy (non-hydrogen) atoms. The van der Waals surface area contributed by atoms with E-state index >= 15 is 0 Å². The van der Waals surface area contributed by atoms with Gasteiger partial charge in [0.05, 0.1) is 17.3 Å². The highest BCUT2D eigenvalue weighted by Gasteiger charge is 2.64. The van der Waals surface area contributed by atoms with E-state index in [0.717, 1.165) is 48.8 Å². The summed E-state index contributed by atoms with van der Waals surface area (Å²) in [5.41, 5.74) is -0.237. The molecule has 332 valence electrons. The van der Waals surface area contributed by atoms with Crippen LogP contribution in [-0.4, -0.2) is 110 Å². The fourth-order valence-electron chi connectivity index (χ4n) is 11.6. The molecule has 2 aromatic rings. The lowest BCUT2D eigenvalue weighted by molar-refractivity contribution is -0.334. The van der Waals surface area contributed by atoms with Gasteiger partial charge in [0.25, 0.3) is 0 Å². The lowest BCUT2D eigenvalue weighted by atomic mass is 9.62. The first-order chi connectivity index (χ1) is 29.4. The van der Waals surface area contributed by atoms with Gasteiger partial charge in [0.15, 0.2) is 5.60 Å². The van der Waals surface area contributed by atoms with Crippen molar-refractivity contribution in [3.05, 3.63) is 89.5 Å². The van der Waals surface area contributed by atoms with Crippen LogP contribution >= 0.6 is 0 Å². The van der Waals surface area contributed by atoms with Crippen LogP contribution in [0.25, 0.3) is 0 Å². The van der Waals surface area contributed by atoms with Crippen LogP contribution in [0, 0.1) is 41.1 Å². The fraction of sp³-hybridized carbons (Fsp3) is 0.612. The molecule has 12 heteroatoms. The number of rotatable bonds is 15. The van der Waals surface area contributed by atoms with Crippen LogP contribution in [0.5, 0.6) is 5.75 Å². The molecule has 3 fully saturated rings. The maximum Gasteiger partial charge on any atom is 0.335 e. The summed E-state index contributed by atoms with van der Waals surface area (Å²) < 4.78 is 24.2. The van der Waals surface area contributed by atoms with Gasteiger partial charge in [0, 0.05) is 32.7 Å². The second-order valence-corrected chi connectivity index (χ2v) is 18.3. The monoisotopic (exact) mass is 844 g/mol. The van der Waals surface area contributed by atoms with E-state index in [-0.39, 0.29) is 48.7 Å². The highest BCUT2D eigenvalue weighted by molar-refractivity contribution is 5.87. The van der Waals surface area contributed by atoms with Gasteiger partial charge in [-0.05, 0) is 135 Å². The summed E-state index contributed by atoms with van der Waals surface area (Å²) >= 11 is 0. The zero-order valence-corrected chi connectivity index (χ0v) is 35.2. The Labute approximate surface area is 359 Å². The molecule has 0 amide bonds. The zero-order chi connectivity index (χ0) is 43.4. The molecule has 7 N–H and O–H groups in total. The molecule has 0 radical (unpaired) electrons. The number of hydrogen-bond acceptors (Lipinski definition) is 11. The molecule has 12 nitrogen and oxygen atoms in total. The topological polar surface area (TPSA) is 196 Å². The number of ether oxygens (including phenoxy) is 4. The van der Waals surface area contributed by atoms with Crippen molar-refractivity contribution in [2.24, 2.45) is 29.1 Å². The third-order valence-electron chi connectivity index (χ3n) is 14.6. The van der Waals surface area contributed by atoms with E-state index < -0.39 is 65.8 Å². The molecular formula is C49H64O12. The number of aromatic carboxylic acids is 1. The Hall–Kier alpha value is -3.77. The van der Waals surface area contributed by atoms with E-state index in [0.29, 0.717) is 50.9 Å². The minimum atomic E-state index is -2.26. The number of aryl methyl sites for hydroxylation is 1. The van der Waals surface area contributed by atoms with Crippen molar-refractivity contribution < 1.29 is 59.5 Å². The van der Waals surface area contributed by atoms with Crippen molar-refractivity contribution in [1.82, 2.24) is 0 Å². The molecule has 2 saturated carbocycles. The largest absolute Gasteiger partial charge is 0.478 e. The number of methoxy groups -OCH3 is 1. The number of carboxylic acid groups (broad SMARTS) is 1. The van der Waals surface area contributed by atoms with Crippen LogP contribution < -0.4 is 4.74 Å². The highest BCUT2D eigenvalue weighted by atomic mass is 16.7. The SMILES string of the molecule is C=CCc1ccc(O[C@H]2O[C@H]3[C@@H](O)[C@H](O)[C@]2(O)C[C@H]([C@@H]2C=C[C@H]4C5(CCCC5)[C@H](Cc5ccc(C(=O)O)cc5)C[C@@]4(O)C2)[C@@H](O)CC#CO[C@@H]3CCCO)cc1CCCOC. The van der Waals surface area contributed by atoms with Gasteiger partial charge >= 0.3 is 5.97 Å². The van der Waals surface area contributed by atoms with Crippen LogP contribution in [-0.2, 0) is 33.5 Å². The molecule has 2 bridgehead atoms. The van der Waals surface area contributed by atoms with Crippen molar-refractivity contribution in [2.45, 2.75) is 138 Å². The van der Waals surface area contributed by atoms with Crippen LogP contribution in [0.3, 0.4) is 0 Å². The van der Waals surface area contributed by atoms with Gasteiger partial charge < -0.3 is 54.7 Å². The Morgan fingerprint density at radius 2 is 1.77 bits per heavy atom. The number of carboxylic acids is 1. The van der Waals surface area contributed by atoms with Crippen LogP contribution in [0.4, 0.5) is 0 Å². The number of allylic oxidation sites excluding steroid dienone is 2. The number of aliphatic hydroxyl groups is 6. The van der Waals surface area contributed by atoms with E-state index in [1.807, 2.05) is 30.3 Å². The minimum Gasteiger partial charge on any atom is -0.478 e. The van der Waals surface area contributed by atoms with E-state index in [1.54, 1.807) is 25.3 Å². The highest BCUT2D eigenvalue weighted by Crippen LogP contribution is 2.65.